The summed E-state index contributed by atoms with van der Waals surface area (Å²) >= 11 is 1.49. The van der Waals surface area contributed by atoms with Crippen LogP contribution in [0.15, 0.2) is 60.0 Å². The molecule has 0 spiro atoms. The van der Waals surface area contributed by atoms with E-state index in [2.05, 4.69) is 5.32 Å². The van der Waals surface area contributed by atoms with Crippen LogP contribution in [-0.4, -0.2) is 42.5 Å². The summed E-state index contributed by atoms with van der Waals surface area (Å²) in [4.78, 5) is 42.9. The smallest absolute Gasteiger partial charge is 0.325 e. The number of urea groups is 1. The molecule has 1 N–H and O–H groups in total. The van der Waals surface area contributed by atoms with E-state index in [0.29, 0.717) is 36.0 Å². The number of thiophene rings is 1. The summed E-state index contributed by atoms with van der Waals surface area (Å²) in [5.41, 5.74) is -0.420. The van der Waals surface area contributed by atoms with Crippen LogP contribution in [0.2, 0.25) is 0 Å². The Labute approximate surface area is 204 Å². The Morgan fingerprint density at radius 3 is 2.57 bits per heavy atom. The molecular formula is C25H22FN3O5S. The molecule has 2 aromatic carbocycles. The first-order valence-electron chi connectivity index (χ1n) is 11.0. The molecule has 3 aromatic rings. The maximum Gasteiger partial charge on any atom is 0.325 e. The summed E-state index contributed by atoms with van der Waals surface area (Å²) in [6.45, 7) is 2.19. The Morgan fingerprint density at radius 1 is 1.11 bits per heavy atom. The van der Waals surface area contributed by atoms with E-state index in [-0.39, 0.29) is 6.54 Å². The number of nitrogens with one attached hydrogen (secondary N) is 1. The minimum Gasteiger partial charge on any atom is -0.486 e. The second kappa shape index (κ2) is 9.03. The standard InChI is InChI=1S/C25H22FN3O5S/c1-25(16-4-6-17(26)7-5-16)23(31)29(24(32)27-25)15-22(30)28(14-19-3-2-12-35-19)18-8-9-20-21(13-18)34-11-10-33-20/h2-9,12-13H,10-11,14-15H2,1H3,(H,27,32). The average Bonchev–Trinajstić information content (AvgIpc) is 3.45. The number of anilines is 1. The lowest BCUT2D eigenvalue weighted by atomic mass is 9.92. The molecular weight excluding hydrogens is 473 g/mol. The van der Waals surface area contributed by atoms with Crippen molar-refractivity contribution in [1.82, 2.24) is 10.2 Å². The van der Waals surface area contributed by atoms with Crippen LogP contribution >= 0.6 is 11.3 Å². The number of amides is 4. The van der Waals surface area contributed by atoms with Gasteiger partial charge in [0.15, 0.2) is 11.5 Å². The highest BCUT2D eigenvalue weighted by molar-refractivity contribution is 7.09. The molecule has 1 aromatic heterocycles. The summed E-state index contributed by atoms with van der Waals surface area (Å²) in [6, 6.07) is 13.6. The number of nitrogens with zero attached hydrogens (tertiary/aromatic N) is 2. The van der Waals surface area contributed by atoms with E-state index >= 15 is 0 Å². The molecule has 8 nitrogen and oxygen atoms in total. The van der Waals surface area contributed by atoms with Gasteiger partial charge in [-0.05, 0) is 48.2 Å². The summed E-state index contributed by atoms with van der Waals surface area (Å²) in [6.07, 6.45) is 0. The number of rotatable bonds is 6. The molecule has 1 saturated heterocycles. The summed E-state index contributed by atoms with van der Waals surface area (Å²) in [7, 11) is 0. The van der Waals surface area contributed by atoms with E-state index in [9.17, 15) is 18.8 Å². The van der Waals surface area contributed by atoms with Crippen LogP contribution in [0, 0.1) is 5.82 Å². The highest BCUT2D eigenvalue weighted by Gasteiger charge is 2.49. The zero-order chi connectivity index (χ0) is 24.6. The number of hydrogen-bond donors (Lipinski definition) is 1. The van der Waals surface area contributed by atoms with Crippen molar-refractivity contribution in [3.8, 4) is 11.5 Å². The Bertz CT molecular complexity index is 1280. The van der Waals surface area contributed by atoms with Crippen molar-refractivity contribution in [2.75, 3.05) is 24.7 Å². The first-order valence-corrected chi connectivity index (χ1v) is 11.9. The molecule has 10 heteroatoms. The Kier molecular flexibility index (Phi) is 5.89. The lowest BCUT2D eigenvalue weighted by molar-refractivity contribution is -0.134. The zero-order valence-corrected chi connectivity index (χ0v) is 19.6. The van der Waals surface area contributed by atoms with Crippen LogP contribution in [0.25, 0.3) is 0 Å². The van der Waals surface area contributed by atoms with Crippen molar-refractivity contribution in [3.05, 3.63) is 76.2 Å². The van der Waals surface area contributed by atoms with Crippen LogP contribution in [0.5, 0.6) is 11.5 Å². The van der Waals surface area contributed by atoms with E-state index in [1.807, 2.05) is 17.5 Å². The number of fused-ring (bicyclic) bond motifs is 1. The van der Waals surface area contributed by atoms with Crippen molar-refractivity contribution < 1.29 is 28.2 Å². The zero-order valence-electron chi connectivity index (χ0n) is 18.8. The molecule has 180 valence electrons. The fourth-order valence-electron chi connectivity index (χ4n) is 4.12. The second-order valence-corrected chi connectivity index (χ2v) is 9.37. The normalized spacial score (nSPS) is 19.0. The number of benzene rings is 2. The fraction of sp³-hybridized carbons (Fsp3) is 0.240. The molecule has 1 fully saturated rings. The van der Waals surface area contributed by atoms with Gasteiger partial charge in [0.05, 0.1) is 6.54 Å². The van der Waals surface area contributed by atoms with Crippen molar-refractivity contribution in [2.45, 2.75) is 19.0 Å². The third-order valence-corrected chi connectivity index (χ3v) is 6.88. The van der Waals surface area contributed by atoms with Gasteiger partial charge in [-0.15, -0.1) is 11.3 Å². The van der Waals surface area contributed by atoms with Crippen LogP contribution < -0.4 is 19.7 Å². The highest BCUT2D eigenvalue weighted by Crippen LogP contribution is 2.35. The topological polar surface area (TPSA) is 88.2 Å². The van der Waals surface area contributed by atoms with Gasteiger partial charge >= 0.3 is 6.03 Å². The molecule has 1 atom stereocenters. The molecule has 4 amide bonds. The van der Waals surface area contributed by atoms with Gasteiger partial charge < -0.3 is 19.7 Å². The number of carbonyl (C=O) groups is 3. The van der Waals surface area contributed by atoms with Crippen molar-refractivity contribution >= 4 is 34.9 Å². The van der Waals surface area contributed by atoms with Crippen LogP contribution in [0.3, 0.4) is 0 Å². The Hall–Kier alpha value is -3.92. The molecule has 2 aliphatic rings. The number of ether oxygens (including phenoxy) is 2. The van der Waals surface area contributed by atoms with Crippen molar-refractivity contribution in [1.29, 1.82) is 0 Å². The van der Waals surface area contributed by atoms with Crippen molar-refractivity contribution in [3.63, 3.8) is 0 Å². The lowest BCUT2D eigenvalue weighted by Crippen LogP contribution is -2.44. The maximum atomic E-state index is 13.5. The predicted molar refractivity (Wildman–Crippen MR) is 127 cm³/mol. The van der Waals surface area contributed by atoms with Crippen molar-refractivity contribution in [2.24, 2.45) is 0 Å². The molecule has 0 radical (unpaired) electrons. The van der Waals surface area contributed by atoms with Gasteiger partial charge in [-0.25, -0.2) is 9.18 Å². The van der Waals surface area contributed by atoms with Gasteiger partial charge in [0.2, 0.25) is 5.91 Å². The SMILES string of the molecule is CC1(c2ccc(F)cc2)NC(=O)N(CC(=O)N(Cc2cccs2)c2ccc3c(c2)OCCO3)C1=O. The second-order valence-electron chi connectivity index (χ2n) is 8.34. The van der Waals surface area contributed by atoms with E-state index in [4.69, 9.17) is 9.47 Å². The summed E-state index contributed by atoms with van der Waals surface area (Å²) in [5.74, 6) is -0.364. The average molecular weight is 496 g/mol. The van der Waals surface area contributed by atoms with Gasteiger partial charge in [0.25, 0.3) is 5.91 Å². The molecule has 0 saturated carbocycles. The van der Waals surface area contributed by atoms with Gasteiger partial charge in [-0.1, -0.05) is 18.2 Å². The molecule has 3 heterocycles. The van der Waals surface area contributed by atoms with E-state index in [0.717, 1.165) is 9.78 Å². The number of hydrogen-bond acceptors (Lipinski definition) is 6. The number of imide groups is 1. The Morgan fingerprint density at radius 2 is 1.86 bits per heavy atom. The first-order chi connectivity index (χ1) is 16.8. The van der Waals surface area contributed by atoms with E-state index in [1.165, 1.54) is 47.4 Å². The Balaban J connectivity index is 1.41. The molecule has 2 aliphatic heterocycles. The number of carbonyl (C=O) groups excluding carboxylic acids is 3. The van der Waals surface area contributed by atoms with Gasteiger partial charge in [0, 0.05) is 16.6 Å². The lowest BCUT2D eigenvalue weighted by Gasteiger charge is -2.27. The predicted octanol–water partition coefficient (Wildman–Crippen LogP) is 3.66. The van der Waals surface area contributed by atoms with Crippen LogP contribution in [0.4, 0.5) is 14.9 Å². The monoisotopic (exact) mass is 495 g/mol. The van der Waals surface area contributed by atoms with E-state index in [1.54, 1.807) is 18.2 Å². The molecule has 5 rings (SSSR count). The van der Waals surface area contributed by atoms with E-state index < -0.39 is 35.7 Å². The summed E-state index contributed by atoms with van der Waals surface area (Å²) in [5, 5.41) is 4.56. The number of halogens is 1. The maximum absolute atomic E-state index is 13.5. The largest absolute Gasteiger partial charge is 0.486 e. The van der Waals surface area contributed by atoms with Crippen LogP contribution in [-0.2, 0) is 21.7 Å². The molecule has 0 bridgehead atoms. The van der Waals surface area contributed by atoms with Crippen LogP contribution in [0.1, 0.15) is 17.4 Å². The third kappa shape index (κ3) is 4.32. The minimum absolute atomic E-state index is 0.259. The van der Waals surface area contributed by atoms with Gasteiger partial charge in [-0.3, -0.25) is 14.5 Å². The molecule has 0 aliphatic carbocycles. The molecule has 1 unspecified atom stereocenters. The molecule has 35 heavy (non-hydrogen) atoms. The fourth-order valence-corrected chi connectivity index (χ4v) is 4.81. The summed E-state index contributed by atoms with van der Waals surface area (Å²) < 4.78 is 24.6. The van der Waals surface area contributed by atoms with Gasteiger partial charge in [0.1, 0.15) is 31.1 Å². The minimum atomic E-state index is -1.40. The quantitative estimate of drug-likeness (QED) is 0.528. The first kappa shape index (κ1) is 22.9. The van der Waals surface area contributed by atoms with Gasteiger partial charge in [-0.2, -0.15) is 0 Å². The highest BCUT2D eigenvalue weighted by atomic mass is 32.1. The third-order valence-electron chi connectivity index (χ3n) is 6.02.